The number of aromatic nitrogens is 1. The highest BCUT2D eigenvalue weighted by Crippen LogP contribution is 2.37. The highest BCUT2D eigenvalue weighted by atomic mass is 16.5. The van der Waals surface area contributed by atoms with Gasteiger partial charge in [-0.1, -0.05) is 44.7 Å². The number of nitrogens with zero attached hydrogens (tertiary/aromatic N) is 1. The smallest absolute Gasteiger partial charge is 0.170 e. The monoisotopic (exact) mass is 222 g/mol. The molecule has 0 aliphatic heterocycles. The second-order valence-corrected chi connectivity index (χ2v) is 5.19. The number of nitrogens with two attached hydrogens (primary N) is 1. The van der Waals surface area contributed by atoms with Crippen LogP contribution < -0.4 is 5.73 Å². The molecule has 0 unspecified atom stereocenters. The molecule has 1 aromatic heterocycles. The van der Waals surface area contributed by atoms with Gasteiger partial charge in [0.2, 0.25) is 0 Å². The fourth-order valence-corrected chi connectivity index (χ4v) is 2.74. The molecule has 0 amide bonds. The van der Waals surface area contributed by atoms with E-state index in [1.165, 1.54) is 38.5 Å². The Morgan fingerprint density at radius 3 is 2.38 bits per heavy atom. The van der Waals surface area contributed by atoms with Gasteiger partial charge in [-0.15, -0.1) is 0 Å². The summed E-state index contributed by atoms with van der Waals surface area (Å²) in [5.74, 6) is 2.61. The van der Waals surface area contributed by atoms with Crippen molar-refractivity contribution in [1.82, 2.24) is 5.16 Å². The molecule has 16 heavy (non-hydrogen) atoms. The molecule has 1 saturated carbocycles. The lowest BCUT2D eigenvalue weighted by molar-refractivity contribution is 0.346. The number of anilines is 1. The van der Waals surface area contributed by atoms with Crippen molar-refractivity contribution in [1.29, 1.82) is 0 Å². The van der Waals surface area contributed by atoms with E-state index in [0.717, 1.165) is 11.3 Å². The fourth-order valence-electron chi connectivity index (χ4n) is 2.74. The summed E-state index contributed by atoms with van der Waals surface area (Å²) >= 11 is 0. The molecular formula is C13H22N2O. The van der Waals surface area contributed by atoms with E-state index >= 15 is 0 Å². The van der Waals surface area contributed by atoms with Gasteiger partial charge in [0.05, 0.1) is 0 Å². The van der Waals surface area contributed by atoms with Crippen molar-refractivity contribution >= 4 is 5.82 Å². The van der Waals surface area contributed by atoms with Gasteiger partial charge in [0.15, 0.2) is 5.82 Å². The Morgan fingerprint density at radius 2 is 1.81 bits per heavy atom. The molecule has 3 heteroatoms. The third-order valence-corrected chi connectivity index (χ3v) is 3.59. The summed E-state index contributed by atoms with van der Waals surface area (Å²) in [7, 11) is 0. The van der Waals surface area contributed by atoms with E-state index in [9.17, 15) is 0 Å². The van der Waals surface area contributed by atoms with Crippen molar-refractivity contribution < 1.29 is 4.52 Å². The number of hydrogen-bond acceptors (Lipinski definition) is 3. The minimum Gasteiger partial charge on any atom is -0.381 e. The Kier molecular flexibility index (Phi) is 3.52. The van der Waals surface area contributed by atoms with Crippen LogP contribution in [-0.2, 0) is 0 Å². The van der Waals surface area contributed by atoms with Gasteiger partial charge in [0.1, 0.15) is 5.76 Å². The van der Waals surface area contributed by atoms with E-state index < -0.39 is 0 Å². The predicted octanol–water partition coefficient (Wildman–Crippen LogP) is 3.82. The summed E-state index contributed by atoms with van der Waals surface area (Å²) < 4.78 is 5.48. The third kappa shape index (κ3) is 2.23. The van der Waals surface area contributed by atoms with Crippen LogP contribution in [0.1, 0.15) is 75.5 Å². The van der Waals surface area contributed by atoms with Crippen LogP contribution in [0.2, 0.25) is 0 Å². The van der Waals surface area contributed by atoms with Crippen LogP contribution in [0.25, 0.3) is 0 Å². The molecule has 90 valence electrons. The summed E-state index contributed by atoms with van der Waals surface area (Å²) in [6.45, 7) is 4.31. The molecule has 0 aromatic carbocycles. The van der Waals surface area contributed by atoms with Crippen LogP contribution in [0, 0.1) is 0 Å². The SMILES string of the molecule is CC(C)c1c(N)noc1C1CCCCCC1. The number of nitrogen functional groups attached to an aromatic ring is 1. The Morgan fingerprint density at radius 1 is 1.19 bits per heavy atom. The lowest BCUT2D eigenvalue weighted by Crippen LogP contribution is -2.02. The Labute approximate surface area is 97.4 Å². The molecule has 2 N–H and O–H groups in total. The average Bonchev–Trinajstić information content (AvgIpc) is 2.50. The number of rotatable bonds is 2. The molecule has 1 aliphatic carbocycles. The zero-order valence-electron chi connectivity index (χ0n) is 10.3. The molecule has 1 fully saturated rings. The van der Waals surface area contributed by atoms with Gasteiger partial charge in [0, 0.05) is 11.5 Å². The first kappa shape index (κ1) is 11.5. The van der Waals surface area contributed by atoms with E-state index in [4.69, 9.17) is 10.3 Å². The van der Waals surface area contributed by atoms with Gasteiger partial charge in [-0.2, -0.15) is 0 Å². The second kappa shape index (κ2) is 4.89. The Hall–Kier alpha value is -0.990. The zero-order chi connectivity index (χ0) is 11.5. The lowest BCUT2D eigenvalue weighted by Gasteiger charge is -2.13. The summed E-state index contributed by atoms with van der Waals surface area (Å²) in [5.41, 5.74) is 7.03. The molecule has 0 radical (unpaired) electrons. The quantitative estimate of drug-likeness (QED) is 0.774. The van der Waals surface area contributed by atoms with E-state index in [0.29, 0.717) is 17.7 Å². The second-order valence-electron chi connectivity index (χ2n) is 5.19. The molecule has 2 rings (SSSR count). The standard InChI is InChI=1S/C13H22N2O/c1-9(2)11-12(16-15-13(11)14)10-7-5-3-4-6-8-10/h9-10H,3-8H2,1-2H3,(H2,14,15). The van der Waals surface area contributed by atoms with Gasteiger partial charge in [-0.05, 0) is 18.8 Å². The molecule has 1 aromatic rings. The van der Waals surface area contributed by atoms with Crippen molar-refractivity contribution in [2.45, 2.75) is 64.2 Å². The fraction of sp³-hybridized carbons (Fsp3) is 0.769. The highest BCUT2D eigenvalue weighted by molar-refractivity contribution is 5.43. The van der Waals surface area contributed by atoms with E-state index in [1.807, 2.05) is 0 Å². The van der Waals surface area contributed by atoms with Crippen LogP contribution in [-0.4, -0.2) is 5.16 Å². The van der Waals surface area contributed by atoms with Crippen LogP contribution in [0.15, 0.2) is 4.52 Å². The maximum absolute atomic E-state index is 5.88. The first-order chi connectivity index (χ1) is 7.70. The molecule has 0 atom stereocenters. The van der Waals surface area contributed by atoms with Crippen LogP contribution >= 0.6 is 0 Å². The number of hydrogen-bond donors (Lipinski definition) is 1. The molecular weight excluding hydrogens is 200 g/mol. The topological polar surface area (TPSA) is 52.0 Å². The zero-order valence-corrected chi connectivity index (χ0v) is 10.3. The van der Waals surface area contributed by atoms with Crippen molar-refractivity contribution in [3.05, 3.63) is 11.3 Å². The van der Waals surface area contributed by atoms with E-state index in [1.54, 1.807) is 0 Å². The lowest BCUT2D eigenvalue weighted by atomic mass is 9.91. The van der Waals surface area contributed by atoms with E-state index in [2.05, 4.69) is 19.0 Å². The summed E-state index contributed by atoms with van der Waals surface area (Å²) in [5, 5.41) is 3.95. The normalized spacial score (nSPS) is 18.9. The van der Waals surface area contributed by atoms with Gasteiger partial charge in [0.25, 0.3) is 0 Å². The molecule has 0 spiro atoms. The van der Waals surface area contributed by atoms with Crippen LogP contribution in [0.5, 0.6) is 0 Å². The Balaban J connectivity index is 2.24. The minimum absolute atomic E-state index is 0.407. The molecule has 3 nitrogen and oxygen atoms in total. The maximum atomic E-state index is 5.88. The summed E-state index contributed by atoms with van der Waals surface area (Å²) in [6, 6.07) is 0. The summed E-state index contributed by atoms with van der Waals surface area (Å²) in [6.07, 6.45) is 7.79. The first-order valence-electron chi connectivity index (χ1n) is 6.45. The molecule has 0 bridgehead atoms. The molecule has 1 aliphatic rings. The molecule has 1 heterocycles. The van der Waals surface area contributed by atoms with Crippen molar-refractivity contribution in [3.63, 3.8) is 0 Å². The first-order valence-corrected chi connectivity index (χ1v) is 6.45. The van der Waals surface area contributed by atoms with Gasteiger partial charge in [-0.25, -0.2) is 0 Å². The molecule has 0 saturated heterocycles. The van der Waals surface area contributed by atoms with Crippen LogP contribution in [0.3, 0.4) is 0 Å². The Bertz CT molecular complexity index is 336. The van der Waals surface area contributed by atoms with Gasteiger partial charge < -0.3 is 10.3 Å². The predicted molar refractivity (Wildman–Crippen MR) is 65.4 cm³/mol. The maximum Gasteiger partial charge on any atom is 0.170 e. The van der Waals surface area contributed by atoms with Gasteiger partial charge >= 0.3 is 0 Å². The average molecular weight is 222 g/mol. The third-order valence-electron chi connectivity index (χ3n) is 3.59. The largest absolute Gasteiger partial charge is 0.381 e. The van der Waals surface area contributed by atoms with E-state index in [-0.39, 0.29) is 0 Å². The van der Waals surface area contributed by atoms with Crippen molar-refractivity contribution in [3.8, 4) is 0 Å². The van der Waals surface area contributed by atoms with Crippen molar-refractivity contribution in [2.75, 3.05) is 5.73 Å². The minimum atomic E-state index is 0.407. The van der Waals surface area contributed by atoms with Gasteiger partial charge in [-0.3, -0.25) is 0 Å². The highest BCUT2D eigenvalue weighted by Gasteiger charge is 2.25. The summed E-state index contributed by atoms with van der Waals surface area (Å²) in [4.78, 5) is 0. The van der Waals surface area contributed by atoms with Crippen LogP contribution in [0.4, 0.5) is 5.82 Å². The van der Waals surface area contributed by atoms with Crippen molar-refractivity contribution in [2.24, 2.45) is 0 Å².